The largest absolute Gasteiger partial charge is 0.497 e. The van der Waals surface area contributed by atoms with Crippen LogP contribution in [0.2, 0.25) is 10.0 Å². The molecule has 1 atom stereocenters. The maximum Gasteiger partial charge on any atom is 0.238 e. The predicted molar refractivity (Wildman–Crippen MR) is 143 cm³/mol. The number of aliphatic imine (C=N–C) groups is 1. The molecule has 6 nitrogen and oxygen atoms in total. The fraction of sp³-hybridized carbons (Fsp3) is 0.192. The highest BCUT2D eigenvalue weighted by atomic mass is 35.5. The summed E-state index contributed by atoms with van der Waals surface area (Å²) in [6.45, 7) is 0.438. The van der Waals surface area contributed by atoms with Crippen LogP contribution in [0.4, 0.5) is 11.4 Å². The average Bonchev–Trinajstić information content (AvgIpc) is 2.85. The van der Waals surface area contributed by atoms with Crippen molar-refractivity contribution < 1.29 is 14.3 Å². The molecule has 3 aromatic carbocycles. The fourth-order valence-electron chi connectivity index (χ4n) is 3.51. The zero-order valence-electron chi connectivity index (χ0n) is 18.9. The van der Waals surface area contributed by atoms with Gasteiger partial charge >= 0.3 is 0 Å². The van der Waals surface area contributed by atoms with Gasteiger partial charge in [-0.15, -0.1) is 0 Å². The number of benzene rings is 3. The van der Waals surface area contributed by atoms with Gasteiger partial charge < -0.3 is 10.1 Å². The number of nitrogens with one attached hydrogen (secondary N) is 1. The summed E-state index contributed by atoms with van der Waals surface area (Å²) in [7, 11) is 1.62. The van der Waals surface area contributed by atoms with Crippen molar-refractivity contribution >= 4 is 63.3 Å². The van der Waals surface area contributed by atoms with E-state index in [4.69, 9.17) is 27.9 Å². The summed E-state index contributed by atoms with van der Waals surface area (Å²) in [5, 5.41) is 3.82. The number of ether oxygens (including phenoxy) is 1. The highest BCUT2D eigenvalue weighted by Crippen LogP contribution is 2.31. The van der Waals surface area contributed by atoms with Gasteiger partial charge in [0.1, 0.15) is 11.0 Å². The summed E-state index contributed by atoms with van der Waals surface area (Å²) in [6, 6.07) is 21.6. The summed E-state index contributed by atoms with van der Waals surface area (Å²) in [5.74, 6) is 0.345. The van der Waals surface area contributed by atoms with Crippen LogP contribution in [-0.2, 0) is 16.0 Å². The van der Waals surface area contributed by atoms with Crippen LogP contribution in [0.5, 0.6) is 5.75 Å². The standard InChI is InChI=1S/C26H23Cl2N3O3S/c1-34-22-11-5-17(6-12-22)13-14-31-24(32)16-23(25(33)29-21-4-2-3-19(28)15-21)35-26(31)30-20-9-7-18(27)8-10-20/h2-12,15,23H,13-14,16H2,1H3,(H,29,33). The Morgan fingerprint density at radius 3 is 2.51 bits per heavy atom. The second-order valence-corrected chi connectivity index (χ2v) is 9.87. The number of carbonyl (C=O) groups is 2. The van der Waals surface area contributed by atoms with Gasteiger partial charge in [-0.3, -0.25) is 14.5 Å². The number of methoxy groups -OCH3 is 1. The van der Waals surface area contributed by atoms with Gasteiger partial charge in [0.15, 0.2) is 5.17 Å². The van der Waals surface area contributed by atoms with Crippen molar-refractivity contribution in [3.63, 3.8) is 0 Å². The lowest BCUT2D eigenvalue weighted by molar-refractivity contribution is -0.129. The third-order valence-electron chi connectivity index (χ3n) is 5.36. The maximum atomic E-state index is 13.2. The van der Waals surface area contributed by atoms with E-state index in [1.807, 2.05) is 24.3 Å². The number of halogens is 2. The number of nitrogens with zero attached hydrogens (tertiary/aromatic N) is 2. The Labute approximate surface area is 218 Å². The topological polar surface area (TPSA) is 71.0 Å². The molecule has 1 aliphatic heterocycles. The van der Waals surface area contributed by atoms with Crippen molar-refractivity contribution in [2.75, 3.05) is 19.0 Å². The van der Waals surface area contributed by atoms with Gasteiger partial charge in [-0.1, -0.05) is 53.2 Å². The lowest BCUT2D eigenvalue weighted by atomic mass is 10.1. The van der Waals surface area contributed by atoms with Gasteiger partial charge in [-0.05, 0) is 66.6 Å². The molecule has 0 bridgehead atoms. The summed E-state index contributed by atoms with van der Waals surface area (Å²) < 4.78 is 5.21. The van der Waals surface area contributed by atoms with Crippen LogP contribution < -0.4 is 10.1 Å². The molecule has 1 saturated heterocycles. The summed E-state index contributed by atoms with van der Waals surface area (Å²) in [5.41, 5.74) is 2.29. The number of hydrogen-bond acceptors (Lipinski definition) is 5. The number of carbonyl (C=O) groups excluding carboxylic acids is 2. The van der Waals surface area contributed by atoms with Crippen molar-refractivity contribution in [1.82, 2.24) is 4.90 Å². The lowest BCUT2D eigenvalue weighted by Crippen LogP contribution is -2.46. The monoisotopic (exact) mass is 527 g/mol. The second kappa shape index (κ2) is 11.6. The van der Waals surface area contributed by atoms with Gasteiger partial charge in [0, 0.05) is 28.7 Å². The third kappa shape index (κ3) is 6.78. The highest BCUT2D eigenvalue weighted by molar-refractivity contribution is 8.15. The SMILES string of the molecule is COc1ccc(CCN2C(=O)CC(C(=O)Nc3cccc(Cl)c3)SC2=Nc2ccc(Cl)cc2)cc1. The van der Waals surface area contributed by atoms with E-state index in [1.165, 1.54) is 11.8 Å². The Bertz CT molecular complexity index is 1230. The van der Waals surface area contributed by atoms with E-state index >= 15 is 0 Å². The van der Waals surface area contributed by atoms with Crippen LogP contribution in [-0.4, -0.2) is 40.8 Å². The van der Waals surface area contributed by atoms with Crippen LogP contribution in [0.1, 0.15) is 12.0 Å². The number of thioether (sulfide) groups is 1. The van der Waals surface area contributed by atoms with Crippen LogP contribution in [0.3, 0.4) is 0 Å². The van der Waals surface area contributed by atoms with Crippen molar-refractivity contribution in [3.8, 4) is 5.75 Å². The number of rotatable bonds is 7. The smallest absolute Gasteiger partial charge is 0.238 e. The van der Waals surface area contributed by atoms with E-state index in [9.17, 15) is 9.59 Å². The Morgan fingerprint density at radius 2 is 1.83 bits per heavy atom. The molecule has 0 aromatic heterocycles. The lowest BCUT2D eigenvalue weighted by Gasteiger charge is -2.32. The predicted octanol–water partition coefficient (Wildman–Crippen LogP) is 6.21. The minimum atomic E-state index is -0.621. The Hall–Kier alpha value is -3.00. The first-order chi connectivity index (χ1) is 16.9. The van der Waals surface area contributed by atoms with Crippen molar-refractivity contribution in [2.24, 2.45) is 4.99 Å². The summed E-state index contributed by atoms with van der Waals surface area (Å²) in [6.07, 6.45) is 0.703. The molecular weight excluding hydrogens is 505 g/mol. The summed E-state index contributed by atoms with van der Waals surface area (Å²) >= 11 is 13.3. The second-order valence-electron chi connectivity index (χ2n) is 7.82. The molecule has 4 rings (SSSR count). The Morgan fingerprint density at radius 1 is 1.09 bits per heavy atom. The van der Waals surface area contributed by atoms with Crippen LogP contribution in [0.15, 0.2) is 77.8 Å². The molecule has 1 aliphatic rings. The maximum absolute atomic E-state index is 13.2. The van der Waals surface area contributed by atoms with Gasteiger partial charge in [0.05, 0.1) is 12.8 Å². The minimum absolute atomic E-state index is 0.0688. The van der Waals surface area contributed by atoms with E-state index in [-0.39, 0.29) is 18.2 Å². The van der Waals surface area contributed by atoms with E-state index < -0.39 is 5.25 Å². The third-order valence-corrected chi connectivity index (χ3v) is 7.03. The van der Waals surface area contributed by atoms with E-state index in [2.05, 4.69) is 10.3 Å². The number of amides is 2. The zero-order valence-corrected chi connectivity index (χ0v) is 21.2. The molecule has 2 amide bonds. The minimum Gasteiger partial charge on any atom is -0.497 e. The van der Waals surface area contributed by atoms with E-state index in [0.717, 1.165) is 11.3 Å². The van der Waals surface area contributed by atoms with Crippen molar-refractivity contribution in [2.45, 2.75) is 18.1 Å². The summed E-state index contributed by atoms with van der Waals surface area (Å²) in [4.78, 5) is 32.5. The van der Waals surface area contributed by atoms with Crippen molar-refractivity contribution in [3.05, 3.63) is 88.4 Å². The van der Waals surface area contributed by atoms with Crippen LogP contribution in [0.25, 0.3) is 0 Å². The molecule has 180 valence electrons. The first kappa shape index (κ1) is 25.1. The van der Waals surface area contributed by atoms with Gasteiger partial charge in [0.25, 0.3) is 0 Å². The molecule has 3 aromatic rings. The van der Waals surface area contributed by atoms with Crippen molar-refractivity contribution in [1.29, 1.82) is 0 Å². The van der Waals surface area contributed by atoms with Gasteiger partial charge in [-0.2, -0.15) is 0 Å². The molecular formula is C26H23Cl2N3O3S. The highest BCUT2D eigenvalue weighted by Gasteiger charge is 2.35. The van der Waals surface area contributed by atoms with Crippen LogP contribution in [0, 0.1) is 0 Å². The number of amidine groups is 1. The first-order valence-corrected chi connectivity index (χ1v) is 12.6. The molecule has 0 saturated carbocycles. The molecule has 35 heavy (non-hydrogen) atoms. The fourth-order valence-corrected chi connectivity index (χ4v) is 4.95. The quantitative estimate of drug-likeness (QED) is 0.396. The van der Waals surface area contributed by atoms with Gasteiger partial charge in [0.2, 0.25) is 11.8 Å². The molecule has 9 heteroatoms. The average molecular weight is 528 g/mol. The normalized spacial score (nSPS) is 16.9. The molecule has 0 radical (unpaired) electrons. The number of anilines is 1. The molecule has 1 fully saturated rings. The molecule has 1 unspecified atom stereocenters. The Kier molecular flexibility index (Phi) is 8.33. The first-order valence-electron chi connectivity index (χ1n) is 10.9. The number of hydrogen-bond donors (Lipinski definition) is 1. The molecule has 1 N–H and O–H groups in total. The van der Waals surface area contributed by atoms with Crippen LogP contribution >= 0.6 is 35.0 Å². The van der Waals surface area contributed by atoms with Gasteiger partial charge in [-0.25, -0.2) is 4.99 Å². The Balaban J connectivity index is 1.54. The molecule has 0 spiro atoms. The molecule has 0 aliphatic carbocycles. The zero-order chi connectivity index (χ0) is 24.8. The van der Waals surface area contributed by atoms with E-state index in [0.29, 0.717) is 39.6 Å². The molecule has 1 heterocycles. The van der Waals surface area contributed by atoms with E-state index in [1.54, 1.807) is 60.5 Å².